The molecule has 0 unspecified atom stereocenters. The minimum Gasteiger partial charge on any atom is -0.398 e. The zero-order valence-electron chi connectivity index (χ0n) is 8.01. The van der Waals surface area contributed by atoms with Gasteiger partial charge in [-0.2, -0.15) is 0 Å². The number of nitrogens with one attached hydrogen (secondary N) is 1. The van der Waals surface area contributed by atoms with Crippen LogP contribution in [-0.4, -0.2) is 13.3 Å². The first-order valence-corrected chi connectivity index (χ1v) is 5.62. The Labute approximate surface area is 88.7 Å². The predicted octanol–water partition coefficient (Wildman–Crippen LogP) is 2.63. The molecule has 0 bridgehead atoms. The van der Waals surface area contributed by atoms with Gasteiger partial charge in [0.15, 0.2) is 0 Å². The lowest BCUT2D eigenvalue weighted by Crippen LogP contribution is -1.99. The first-order chi connectivity index (χ1) is 6.11. The molecule has 4 heteroatoms. The summed E-state index contributed by atoms with van der Waals surface area (Å²) >= 11 is 6.03. The van der Waals surface area contributed by atoms with E-state index in [1.807, 2.05) is 26.3 Å². The molecule has 0 aliphatic rings. The summed E-state index contributed by atoms with van der Waals surface area (Å²) in [5, 5.41) is 3.09. The number of hydrogen-bond acceptors (Lipinski definition) is 4. The van der Waals surface area contributed by atoms with Crippen LogP contribution in [0.5, 0.6) is 0 Å². The summed E-state index contributed by atoms with van der Waals surface area (Å²) in [4.78, 5) is 2.03. The molecule has 0 radical (unpaired) electrons. The van der Waals surface area contributed by atoms with Crippen molar-refractivity contribution in [2.45, 2.75) is 16.7 Å². The molecule has 2 nitrogen and oxygen atoms in total. The van der Waals surface area contributed by atoms with Crippen molar-refractivity contribution >= 4 is 35.8 Å². The van der Waals surface area contributed by atoms with Gasteiger partial charge in [0.2, 0.25) is 0 Å². The number of rotatable bonds is 2. The number of thioether (sulfide) groups is 1. The highest BCUT2D eigenvalue weighted by molar-refractivity contribution is 7.98. The van der Waals surface area contributed by atoms with Gasteiger partial charge < -0.3 is 11.1 Å². The van der Waals surface area contributed by atoms with E-state index < -0.39 is 0 Å². The largest absolute Gasteiger partial charge is 0.398 e. The predicted molar refractivity (Wildman–Crippen MR) is 64.2 cm³/mol. The molecule has 0 atom stereocenters. The molecular weight excluding hydrogens is 200 g/mol. The number of thiol groups is 1. The maximum atomic E-state index is 5.94. The van der Waals surface area contributed by atoms with Crippen molar-refractivity contribution in [3.8, 4) is 0 Å². The molecule has 72 valence electrons. The number of nitrogen functional groups attached to an aromatic ring is 1. The van der Waals surface area contributed by atoms with E-state index in [4.69, 9.17) is 5.73 Å². The van der Waals surface area contributed by atoms with Gasteiger partial charge in [-0.25, -0.2) is 0 Å². The van der Waals surface area contributed by atoms with Gasteiger partial charge in [-0.15, -0.1) is 24.4 Å². The maximum Gasteiger partial charge on any atom is 0.0524 e. The fraction of sp³-hybridized carbons (Fsp3) is 0.333. The van der Waals surface area contributed by atoms with Crippen LogP contribution in [0, 0.1) is 6.92 Å². The minimum atomic E-state index is 0.842. The van der Waals surface area contributed by atoms with Crippen LogP contribution in [0.2, 0.25) is 0 Å². The monoisotopic (exact) mass is 214 g/mol. The first-order valence-electron chi connectivity index (χ1n) is 3.95. The van der Waals surface area contributed by atoms with Crippen LogP contribution in [0.4, 0.5) is 11.4 Å². The van der Waals surface area contributed by atoms with Crippen molar-refractivity contribution in [1.29, 1.82) is 0 Å². The molecule has 0 aliphatic carbocycles. The normalized spacial score (nSPS) is 10.2. The van der Waals surface area contributed by atoms with Crippen LogP contribution in [0.1, 0.15) is 5.56 Å². The van der Waals surface area contributed by atoms with Crippen LogP contribution in [0.15, 0.2) is 15.9 Å². The fourth-order valence-electron chi connectivity index (χ4n) is 1.27. The summed E-state index contributed by atoms with van der Waals surface area (Å²) < 4.78 is 0. The van der Waals surface area contributed by atoms with Crippen molar-refractivity contribution in [2.75, 3.05) is 24.4 Å². The van der Waals surface area contributed by atoms with Crippen molar-refractivity contribution in [2.24, 2.45) is 0 Å². The third kappa shape index (κ3) is 1.89. The molecule has 13 heavy (non-hydrogen) atoms. The van der Waals surface area contributed by atoms with E-state index >= 15 is 0 Å². The van der Waals surface area contributed by atoms with E-state index in [0.717, 1.165) is 26.7 Å². The molecule has 0 aromatic heterocycles. The Bertz CT molecular complexity index is 324. The second-order valence-electron chi connectivity index (χ2n) is 2.76. The average Bonchev–Trinajstić information content (AvgIpc) is 2.12. The van der Waals surface area contributed by atoms with E-state index in [1.165, 1.54) is 0 Å². The lowest BCUT2D eigenvalue weighted by molar-refractivity contribution is 1.26. The molecule has 1 aromatic rings. The van der Waals surface area contributed by atoms with Gasteiger partial charge in [-0.1, -0.05) is 0 Å². The quantitative estimate of drug-likeness (QED) is 0.402. The van der Waals surface area contributed by atoms with Gasteiger partial charge in [-0.3, -0.25) is 0 Å². The molecule has 0 fully saturated rings. The number of anilines is 2. The summed E-state index contributed by atoms with van der Waals surface area (Å²) in [7, 11) is 1.88. The summed E-state index contributed by atoms with van der Waals surface area (Å²) in [6.07, 6.45) is 2.01. The van der Waals surface area contributed by atoms with Crippen molar-refractivity contribution in [3.05, 3.63) is 11.6 Å². The molecule has 0 saturated heterocycles. The first kappa shape index (κ1) is 10.6. The Hall–Kier alpha value is -0.480. The Morgan fingerprint density at radius 3 is 2.62 bits per heavy atom. The molecule has 1 rings (SSSR count). The summed E-state index contributed by atoms with van der Waals surface area (Å²) in [6.45, 7) is 2.00. The summed E-state index contributed by atoms with van der Waals surface area (Å²) in [5.41, 5.74) is 8.87. The fourth-order valence-corrected chi connectivity index (χ4v) is 2.37. The van der Waals surface area contributed by atoms with E-state index in [0.29, 0.717) is 0 Å². The maximum absolute atomic E-state index is 5.94. The average molecular weight is 214 g/mol. The molecule has 0 heterocycles. The molecule has 0 aliphatic heterocycles. The number of benzene rings is 1. The van der Waals surface area contributed by atoms with Gasteiger partial charge in [-0.05, 0) is 24.8 Å². The van der Waals surface area contributed by atoms with Crippen LogP contribution >= 0.6 is 24.4 Å². The molecule has 0 spiro atoms. The van der Waals surface area contributed by atoms with Gasteiger partial charge in [0.1, 0.15) is 0 Å². The van der Waals surface area contributed by atoms with Crippen LogP contribution in [0.25, 0.3) is 0 Å². The van der Waals surface area contributed by atoms with Gasteiger partial charge in [0, 0.05) is 16.8 Å². The van der Waals surface area contributed by atoms with E-state index in [9.17, 15) is 0 Å². The third-order valence-electron chi connectivity index (χ3n) is 2.04. The van der Waals surface area contributed by atoms with Crippen molar-refractivity contribution in [3.63, 3.8) is 0 Å². The summed E-state index contributed by atoms with van der Waals surface area (Å²) in [6, 6.07) is 1.99. The highest BCUT2D eigenvalue weighted by atomic mass is 32.2. The molecule has 3 N–H and O–H groups in total. The highest BCUT2D eigenvalue weighted by Gasteiger charge is 2.09. The smallest absolute Gasteiger partial charge is 0.0524 e. The molecule has 1 aromatic carbocycles. The molecular formula is C9H14N2S2. The second-order valence-corrected chi connectivity index (χ2v) is 4.09. The van der Waals surface area contributed by atoms with Crippen molar-refractivity contribution in [1.82, 2.24) is 0 Å². The van der Waals surface area contributed by atoms with Gasteiger partial charge in [0.25, 0.3) is 0 Å². The highest BCUT2D eigenvalue weighted by Crippen LogP contribution is 2.35. The lowest BCUT2D eigenvalue weighted by Gasteiger charge is -2.13. The van der Waals surface area contributed by atoms with Crippen LogP contribution in [0.3, 0.4) is 0 Å². The Balaban J connectivity index is 3.37. The Kier molecular flexibility index (Phi) is 3.39. The van der Waals surface area contributed by atoms with E-state index in [-0.39, 0.29) is 0 Å². The standard InChI is InChI=1S/C9H14N2S2/c1-5-8(10)7(13-3)4-6(12)9(5)11-2/h4,11-12H,10H2,1-3H3. The van der Waals surface area contributed by atoms with Crippen molar-refractivity contribution < 1.29 is 0 Å². The van der Waals surface area contributed by atoms with E-state index in [1.54, 1.807) is 11.8 Å². The van der Waals surface area contributed by atoms with Gasteiger partial charge >= 0.3 is 0 Å². The minimum absolute atomic E-state index is 0.842. The Morgan fingerprint density at radius 2 is 2.15 bits per heavy atom. The molecule has 0 amide bonds. The number of hydrogen-bond donors (Lipinski definition) is 3. The third-order valence-corrected chi connectivity index (χ3v) is 3.17. The van der Waals surface area contributed by atoms with E-state index in [2.05, 4.69) is 17.9 Å². The molecule has 0 saturated carbocycles. The zero-order valence-corrected chi connectivity index (χ0v) is 9.72. The van der Waals surface area contributed by atoms with Crippen LogP contribution < -0.4 is 11.1 Å². The van der Waals surface area contributed by atoms with Gasteiger partial charge in [0.05, 0.1) is 11.4 Å². The number of nitrogens with two attached hydrogens (primary N) is 1. The Morgan fingerprint density at radius 1 is 1.54 bits per heavy atom. The second kappa shape index (κ2) is 4.15. The zero-order chi connectivity index (χ0) is 10.0. The van der Waals surface area contributed by atoms with Crippen LogP contribution in [-0.2, 0) is 0 Å². The SMILES string of the molecule is CNc1c(S)cc(SC)c(N)c1C. The topological polar surface area (TPSA) is 38.0 Å². The summed E-state index contributed by atoms with van der Waals surface area (Å²) in [5.74, 6) is 0. The lowest BCUT2D eigenvalue weighted by atomic mass is 10.1.